The second kappa shape index (κ2) is 8.95. The lowest BCUT2D eigenvalue weighted by Crippen LogP contribution is -2.29. The zero-order valence-corrected chi connectivity index (χ0v) is 18.7. The van der Waals surface area contributed by atoms with Crippen LogP contribution in [0.25, 0.3) is 16.7 Å². The zero-order chi connectivity index (χ0) is 25.4. The number of aromatic nitrogens is 4. The van der Waals surface area contributed by atoms with E-state index in [4.69, 9.17) is 0 Å². The van der Waals surface area contributed by atoms with Crippen molar-refractivity contribution in [3.05, 3.63) is 77.0 Å². The molecular weight excluding hydrogens is 477 g/mol. The number of carbonyl (C=O) groups is 2. The number of alkyl halides is 3. The fraction of sp³-hybridized carbons (Fsp3) is 0.208. The summed E-state index contributed by atoms with van der Waals surface area (Å²) in [6.07, 6.45) is -1.01. The van der Waals surface area contributed by atoms with Gasteiger partial charge in [-0.3, -0.25) is 19.0 Å². The normalized spacial score (nSPS) is 14.0. The van der Waals surface area contributed by atoms with E-state index in [1.165, 1.54) is 18.3 Å². The maximum Gasteiger partial charge on any atom is 0.416 e. The van der Waals surface area contributed by atoms with Crippen molar-refractivity contribution in [3.8, 4) is 5.69 Å². The smallest absolute Gasteiger partial charge is 0.323 e. The number of nitrogens with one attached hydrogen (secondary N) is 1. The molecule has 0 unspecified atom stereocenters. The molecule has 0 spiro atoms. The molecule has 0 saturated carbocycles. The van der Waals surface area contributed by atoms with Gasteiger partial charge in [-0.15, -0.1) is 0 Å². The number of benzene rings is 2. The molecule has 2 aromatic carbocycles. The number of hydrogen-bond acceptors (Lipinski definition) is 5. The molecule has 1 aliphatic rings. The van der Waals surface area contributed by atoms with Crippen LogP contribution < -0.4 is 15.8 Å². The minimum Gasteiger partial charge on any atom is -0.323 e. The Morgan fingerprint density at radius 2 is 1.89 bits per heavy atom. The Morgan fingerprint density at radius 1 is 1.08 bits per heavy atom. The summed E-state index contributed by atoms with van der Waals surface area (Å²) in [7, 11) is 0. The van der Waals surface area contributed by atoms with Gasteiger partial charge in [0.15, 0.2) is 5.65 Å². The third-order valence-electron chi connectivity index (χ3n) is 5.83. The largest absolute Gasteiger partial charge is 0.416 e. The maximum atomic E-state index is 13.1. The Bertz CT molecular complexity index is 1540. The summed E-state index contributed by atoms with van der Waals surface area (Å²) in [4.78, 5) is 43.6. The monoisotopic (exact) mass is 496 g/mol. The highest BCUT2D eigenvalue weighted by Crippen LogP contribution is 2.31. The molecule has 12 heteroatoms. The summed E-state index contributed by atoms with van der Waals surface area (Å²) in [5.41, 5.74) is -0.251. The van der Waals surface area contributed by atoms with Crippen LogP contribution in [-0.2, 0) is 22.3 Å². The van der Waals surface area contributed by atoms with E-state index in [2.05, 4.69) is 15.4 Å². The van der Waals surface area contributed by atoms with Gasteiger partial charge in [-0.25, -0.2) is 9.67 Å². The van der Waals surface area contributed by atoms with Crippen molar-refractivity contribution >= 4 is 34.2 Å². The highest BCUT2D eigenvalue weighted by Gasteiger charge is 2.31. The van der Waals surface area contributed by atoms with Crippen molar-refractivity contribution in [2.24, 2.45) is 0 Å². The van der Waals surface area contributed by atoms with Crippen molar-refractivity contribution in [1.29, 1.82) is 0 Å². The molecule has 1 saturated heterocycles. The first-order valence-electron chi connectivity index (χ1n) is 11.0. The van der Waals surface area contributed by atoms with E-state index in [1.807, 2.05) is 0 Å². The van der Waals surface area contributed by atoms with Gasteiger partial charge in [0, 0.05) is 13.0 Å². The van der Waals surface area contributed by atoms with Crippen LogP contribution in [0, 0.1) is 0 Å². The summed E-state index contributed by atoms with van der Waals surface area (Å²) in [6.45, 7) is 0.195. The molecule has 0 atom stereocenters. The van der Waals surface area contributed by atoms with Crippen molar-refractivity contribution in [2.45, 2.75) is 25.6 Å². The van der Waals surface area contributed by atoms with Crippen LogP contribution in [0.4, 0.5) is 24.5 Å². The second-order valence-corrected chi connectivity index (χ2v) is 8.23. The fourth-order valence-electron chi connectivity index (χ4n) is 4.13. The van der Waals surface area contributed by atoms with Crippen molar-refractivity contribution in [2.75, 3.05) is 16.8 Å². The minimum atomic E-state index is -4.53. The van der Waals surface area contributed by atoms with Crippen LogP contribution >= 0.6 is 0 Å². The van der Waals surface area contributed by atoms with Gasteiger partial charge < -0.3 is 10.2 Å². The van der Waals surface area contributed by atoms with E-state index in [0.29, 0.717) is 24.3 Å². The molecule has 184 valence electrons. The van der Waals surface area contributed by atoms with E-state index >= 15 is 0 Å². The van der Waals surface area contributed by atoms with Gasteiger partial charge >= 0.3 is 6.18 Å². The third-order valence-corrected chi connectivity index (χ3v) is 5.83. The molecule has 1 aliphatic heterocycles. The summed E-state index contributed by atoms with van der Waals surface area (Å²) >= 11 is 0. The molecule has 5 rings (SSSR count). The van der Waals surface area contributed by atoms with Crippen LogP contribution in [0.2, 0.25) is 0 Å². The SMILES string of the molecule is O=C(Cn1cnc2c(cnn2-c2cccc(C(F)(F)F)c2)c1=O)Nc1ccccc1N1CCCC1=O. The van der Waals surface area contributed by atoms with E-state index < -0.39 is 23.2 Å². The first-order valence-corrected chi connectivity index (χ1v) is 11.0. The molecule has 2 aromatic heterocycles. The lowest BCUT2D eigenvalue weighted by Gasteiger charge is -2.20. The van der Waals surface area contributed by atoms with Gasteiger partial charge in [-0.05, 0) is 36.8 Å². The predicted octanol–water partition coefficient (Wildman–Crippen LogP) is 3.37. The summed E-state index contributed by atoms with van der Waals surface area (Å²) < 4.78 is 41.5. The van der Waals surface area contributed by atoms with Crippen LogP contribution in [0.15, 0.2) is 65.8 Å². The lowest BCUT2D eigenvalue weighted by atomic mass is 10.2. The number of nitrogens with zero attached hydrogens (tertiary/aromatic N) is 5. The summed E-state index contributed by atoms with van der Waals surface area (Å²) in [6, 6.07) is 11.4. The standard InChI is InChI=1S/C24H19F3N6O3/c25-24(26,27)15-5-3-6-16(11-15)33-22-17(12-29-33)23(36)31(14-28-22)13-20(34)30-18-7-1-2-8-19(18)32-10-4-9-21(32)35/h1-3,5-8,11-12,14H,4,9-10,13H2,(H,30,34). The van der Waals surface area contributed by atoms with Crippen LogP contribution in [0.5, 0.6) is 0 Å². The molecule has 0 bridgehead atoms. The Morgan fingerprint density at radius 3 is 2.64 bits per heavy atom. The first kappa shape index (κ1) is 23.3. The molecule has 1 N–H and O–H groups in total. The number of carbonyl (C=O) groups excluding carboxylic acids is 2. The number of amides is 2. The highest BCUT2D eigenvalue weighted by molar-refractivity contribution is 6.02. The Balaban J connectivity index is 1.39. The number of halogens is 3. The van der Waals surface area contributed by atoms with Gasteiger partial charge in [0.1, 0.15) is 18.3 Å². The van der Waals surface area contributed by atoms with Gasteiger partial charge in [0.05, 0.1) is 28.8 Å². The Kier molecular flexibility index (Phi) is 5.78. The molecule has 3 heterocycles. The highest BCUT2D eigenvalue weighted by atomic mass is 19.4. The van der Waals surface area contributed by atoms with Crippen molar-refractivity contribution < 1.29 is 22.8 Å². The van der Waals surface area contributed by atoms with Crippen LogP contribution in [0.3, 0.4) is 0 Å². The number of hydrogen-bond donors (Lipinski definition) is 1. The molecule has 9 nitrogen and oxygen atoms in total. The molecule has 2 amide bonds. The molecule has 0 radical (unpaired) electrons. The van der Waals surface area contributed by atoms with Gasteiger partial charge in [-0.2, -0.15) is 18.3 Å². The quantitative estimate of drug-likeness (QED) is 0.457. The summed E-state index contributed by atoms with van der Waals surface area (Å²) in [5.74, 6) is -0.539. The van der Waals surface area contributed by atoms with Crippen molar-refractivity contribution in [3.63, 3.8) is 0 Å². The average Bonchev–Trinajstić information content (AvgIpc) is 3.47. The van der Waals surface area contributed by atoms with Crippen molar-refractivity contribution in [1.82, 2.24) is 19.3 Å². The number of rotatable bonds is 5. The summed E-state index contributed by atoms with van der Waals surface area (Å²) in [5, 5.41) is 6.82. The average molecular weight is 496 g/mol. The molecular formula is C24H19F3N6O3. The van der Waals surface area contributed by atoms with Gasteiger partial charge in [0.25, 0.3) is 5.56 Å². The Hall–Kier alpha value is -4.48. The number of anilines is 2. The van der Waals surface area contributed by atoms with E-state index in [1.54, 1.807) is 29.2 Å². The van der Waals surface area contributed by atoms with E-state index in [0.717, 1.165) is 34.1 Å². The van der Waals surface area contributed by atoms with E-state index in [-0.39, 0.29) is 29.2 Å². The lowest BCUT2D eigenvalue weighted by molar-refractivity contribution is -0.137. The van der Waals surface area contributed by atoms with Crippen LogP contribution in [0.1, 0.15) is 18.4 Å². The maximum absolute atomic E-state index is 13.1. The number of fused-ring (bicyclic) bond motifs is 1. The molecule has 4 aromatic rings. The first-order chi connectivity index (χ1) is 17.2. The predicted molar refractivity (Wildman–Crippen MR) is 125 cm³/mol. The van der Waals surface area contributed by atoms with Crippen LogP contribution in [-0.4, -0.2) is 37.7 Å². The van der Waals surface area contributed by atoms with Gasteiger partial charge in [-0.1, -0.05) is 18.2 Å². The molecule has 0 aliphatic carbocycles. The zero-order valence-electron chi connectivity index (χ0n) is 18.7. The minimum absolute atomic E-state index is 0.0275. The molecule has 36 heavy (non-hydrogen) atoms. The topological polar surface area (TPSA) is 102 Å². The van der Waals surface area contributed by atoms with E-state index in [9.17, 15) is 27.6 Å². The van der Waals surface area contributed by atoms with Gasteiger partial charge in [0.2, 0.25) is 11.8 Å². The fourth-order valence-corrected chi connectivity index (χ4v) is 4.13. The third kappa shape index (κ3) is 4.32. The Labute approximate surface area is 201 Å². The second-order valence-electron chi connectivity index (χ2n) is 8.23. The molecule has 1 fully saturated rings. The number of para-hydroxylation sites is 2.